The molecule has 0 unspecified atom stereocenters. The number of rotatable bonds is 0. The highest BCUT2D eigenvalue weighted by atomic mass is 16.5. The molecule has 1 aliphatic heterocycles. The summed E-state index contributed by atoms with van der Waals surface area (Å²) in [6.07, 6.45) is 6.58. The first kappa shape index (κ1) is 27.4. The van der Waals surface area contributed by atoms with Crippen molar-refractivity contribution in [2.24, 2.45) is 0 Å². The molecule has 0 radical (unpaired) electrons. The minimum absolute atomic E-state index is 0.0900. The van der Waals surface area contributed by atoms with Crippen LogP contribution in [-0.2, 0) is 29.9 Å². The highest BCUT2D eigenvalue weighted by Crippen LogP contribution is 2.68. The maximum absolute atomic E-state index is 13.5. The van der Waals surface area contributed by atoms with E-state index in [1.54, 1.807) is 0 Å². The van der Waals surface area contributed by atoms with Gasteiger partial charge in [0.15, 0.2) is 0 Å². The maximum atomic E-state index is 13.5. The van der Waals surface area contributed by atoms with Gasteiger partial charge in [0, 0.05) is 24.7 Å². The van der Waals surface area contributed by atoms with Gasteiger partial charge in [0.25, 0.3) is 0 Å². The summed E-state index contributed by atoms with van der Waals surface area (Å²) in [6.45, 7) is 0.328. The number of cyclic esters (lactones) is 2. The molecule has 0 N–H and O–H groups in total. The van der Waals surface area contributed by atoms with Crippen LogP contribution in [0.1, 0.15) is 108 Å². The van der Waals surface area contributed by atoms with Gasteiger partial charge in [-0.15, -0.1) is 0 Å². The molecule has 6 aliphatic carbocycles. The fraction of sp³-hybridized carbons (Fsp3) is 0.350. The predicted molar refractivity (Wildman–Crippen MR) is 170 cm³/mol. The van der Waals surface area contributed by atoms with Crippen LogP contribution in [0.2, 0.25) is 0 Å². The Bertz CT molecular complexity index is 1530. The zero-order valence-electron chi connectivity index (χ0n) is 25.1. The standard InChI is InChI=1S/C40H38O4/c41-35-23-5-3-1-2-4-6-24-36(42)44-26-40-33-21-13-9-17-29(33)38(30-18-10-14-22-34(30)40)37-27-15-7-11-19-31(27)39(40,25-43-35)32-20-12-8-16-28(32)37/h7-22,37-38H,1-6,23-26H2. The lowest BCUT2D eigenvalue weighted by Gasteiger charge is -2.61. The highest BCUT2D eigenvalue weighted by Gasteiger charge is 2.66. The quantitative estimate of drug-likeness (QED) is 0.197. The van der Waals surface area contributed by atoms with Crippen LogP contribution in [0, 0.1) is 0 Å². The predicted octanol–water partition coefficient (Wildman–Crippen LogP) is 8.08. The second-order valence-corrected chi connectivity index (χ2v) is 13.1. The average Bonchev–Trinajstić information content (AvgIpc) is 3.05. The second kappa shape index (κ2) is 10.8. The fourth-order valence-corrected chi connectivity index (χ4v) is 9.22. The lowest BCUT2D eigenvalue weighted by molar-refractivity contribution is -0.150. The van der Waals surface area contributed by atoms with E-state index in [2.05, 4.69) is 97.1 Å². The maximum Gasteiger partial charge on any atom is 0.305 e. The van der Waals surface area contributed by atoms with Crippen molar-refractivity contribution in [3.05, 3.63) is 142 Å². The van der Waals surface area contributed by atoms with Crippen molar-refractivity contribution < 1.29 is 19.1 Å². The molecule has 4 aromatic rings. The summed E-state index contributed by atoms with van der Waals surface area (Å²) in [4.78, 5) is 27.1. The van der Waals surface area contributed by atoms with Crippen LogP contribution in [0.3, 0.4) is 0 Å². The third-order valence-electron chi connectivity index (χ3n) is 11.0. The van der Waals surface area contributed by atoms with Gasteiger partial charge in [-0.3, -0.25) is 9.59 Å². The fourth-order valence-electron chi connectivity index (χ4n) is 9.22. The number of ether oxygens (including phenoxy) is 2. The molecule has 1 saturated heterocycles. The van der Waals surface area contributed by atoms with Crippen LogP contribution in [0.25, 0.3) is 0 Å². The van der Waals surface area contributed by atoms with Crippen molar-refractivity contribution in [2.75, 3.05) is 13.2 Å². The third kappa shape index (κ3) is 3.82. The molecule has 44 heavy (non-hydrogen) atoms. The first-order valence-corrected chi connectivity index (χ1v) is 16.4. The molecular formula is C40H38O4. The minimum Gasteiger partial charge on any atom is -0.464 e. The molecule has 2 spiro atoms. The van der Waals surface area contributed by atoms with E-state index in [4.69, 9.17) is 9.47 Å². The Hall–Kier alpha value is -4.18. The molecule has 4 heteroatoms. The van der Waals surface area contributed by atoms with E-state index in [-0.39, 0.29) is 37.0 Å². The molecule has 0 atom stereocenters. The van der Waals surface area contributed by atoms with Crippen molar-refractivity contribution in [1.82, 2.24) is 0 Å². The SMILES string of the molecule is O=C1CCCCCCCCC(=O)OCC23c4ccccc4C(c4ccccc42)C2c4ccccc4C3(CO1)c1ccccc12. The molecule has 4 nitrogen and oxygen atoms in total. The van der Waals surface area contributed by atoms with Crippen molar-refractivity contribution >= 4 is 11.9 Å². The lowest BCUT2D eigenvalue weighted by atomic mass is 9.41. The molecule has 1 heterocycles. The average molecular weight is 583 g/mol. The molecular weight excluding hydrogens is 544 g/mol. The summed E-state index contributed by atoms with van der Waals surface area (Å²) >= 11 is 0. The van der Waals surface area contributed by atoms with Crippen molar-refractivity contribution in [1.29, 1.82) is 0 Å². The molecule has 4 bridgehead atoms. The van der Waals surface area contributed by atoms with E-state index in [0.717, 1.165) is 38.5 Å². The largest absolute Gasteiger partial charge is 0.464 e. The van der Waals surface area contributed by atoms with E-state index in [1.165, 1.54) is 44.5 Å². The monoisotopic (exact) mass is 582 g/mol. The first-order valence-electron chi connectivity index (χ1n) is 16.4. The summed E-state index contributed by atoms with van der Waals surface area (Å²) in [6, 6.07) is 35.0. The molecule has 4 aromatic carbocycles. The number of carbonyl (C=O) groups is 2. The van der Waals surface area contributed by atoms with Gasteiger partial charge in [-0.25, -0.2) is 0 Å². The summed E-state index contributed by atoms with van der Waals surface area (Å²) in [5.74, 6) is -0.138. The van der Waals surface area contributed by atoms with Gasteiger partial charge in [0.1, 0.15) is 13.2 Å². The Morgan fingerprint density at radius 1 is 0.432 bits per heavy atom. The zero-order valence-corrected chi connectivity index (χ0v) is 25.1. The van der Waals surface area contributed by atoms with E-state index in [9.17, 15) is 9.59 Å². The normalized spacial score (nSPS) is 27.7. The van der Waals surface area contributed by atoms with Crippen LogP contribution in [0.4, 0.5) is 0 Å². The zero-order chi connectivity index (χ0) is 29.7. The Kier molecular flexibility index (Phi) is 6.70. The number of carbonyl (C=O) groups excluding carboxylic acids is 2. The van der Waals surface area contributed by atoms with Crippen LogP contribution in [0.5, 0.6) is 0 Å². The van der Waals surface area contributed by atoms with Gasteiger partial charge in [0.05, 0.1) is 10.8 Å². The second-order valence-electron chi connectivity index (χ2n) is 13.1. The smallest absolute Gasteiger partial charge is 0.305 e. The number of hydrogen-bond acceptors (Lipinski definition) is 4. The van der Waals surface area contributed by atoms with Crippen molar-refractivity contribution in [3.8, 4) is 0 Å². The van der Waals surface area contributed by atoms with Gasteiger partial charge in [-0.05, 0) is 57.3 Å². The molecule has 0 aromatic heterocycles. The summed E-state index contributed by atoms with van der Waals surface area (Å²) in [7, 11) is 0. The van der Waals surface area contributed by atoms with Gasteiger partial charge in [-0.2, -0.15) is 0 Å². The molecule has 11 rings (SSSR count). The Balaban J connectivity index is 1.48. The number of esters is 2. The van der Waals surface area contributed by atoms with Crippen molar-refractivity contribution in [2.45, 2.75) is 74.0 Å². The summed E-state index contributed by atoms with van der Waals surface area (Å²) < 4.78 is 12.9. The van der Waals surface area contributed by atoms with Gasteiger partial charge >= 0.3 is 11.9 Å². The molecule has 7 aliphatic rings. The minimum atomic E-state index is -0.832. The van der Waals surface area contributed by atoms with Crippen LogP contribution < -0.4 is 0 Å². The third-order valence-corrected chi connectivity index (χ3v) is 11.0. The van der Waals surface area contributed by atoms with Gasteiger partial charge in [-0.1, -0.05) is 123 Å². The Labute approximate surface area is 259 Å². The molecule has 0 saturated carbocycles. The lowest BCUT2D eigenvalue weighted by Crippen LogP contribution is -2.62. The summed E-state index contributed by atoms with van der Waals surface area (Å²) in [5, 5.41) is 0. The van der Waals surface area contributed by atoms with Crippen molar-refractivity contribution in [3.63, 3.8) is 0 Å². The topological polar surface area (TPSA) is 52.6 Å². The molecule has 222 valence electrons. The first-order chi connectivity index (χ1) is 21.7. The Morgan fingerprint density at radius 3 is 1.07 bits per heavy atom. The van der Waals surface area contributed by atoms with Gasteiger partial charge in [0.2, 0.25) is 0 Å². The van der Waals surface area contributed by atoms with Crippen LogP contribution in [0.15, 0.2) is 97.1 Å². The van der Waals surface area contributed by atoms with Crippen LogP contribution >= 0.6 is 0 Å². The number of benzene rings is 4. The van der Waals surface area contributed by atoms with E-state index in [0.29, 0.717) is 12.8 Å². The van der Waals surface area contributed by atoms with E-state index in [1.807, 2.05) is 0 Å². The van der Waals surface area contributed by atoms with Gasteiger partial charge < -0.3 is 9.47 Å². The highest BCUT2D eigenvalue weighted by molar-refractivity contribution is 5.76. The molecule has 1 fully saturated rings. The van der Waals surface area contributed by atoms with Crippen LogP contribution in [-0.4, -0.2) is 25.2 Å². The number of hydrogen-bond donors (Lipinski definition) is 0. The molecule has 0 amide bonds. The summed E-state index contributed by atoms with van der Waals surface area (Å²) in [5.41, 5.74) is 8.07. The van der Waals surface area contributed by atoms with E-state index >= 15 is 0 Å². The Morgan fingerprint density at radius 2 is 0.727 bits per heavy atom. The van der Waals surface area contributed by atoms with E-state index < -0.39 is 10.8 Å².